The van der Waals surface area contributed by atoms with Gasteiger partial charge in [-0.1, -0.05) is 24.3 Å². The molecule has 202 valence electrons. The fourth-order valence-electron chi connectivity index (χ4n) is 4.26. The van der Waals surface area contributed by atoms with Gasteiger partial charge in [0.1, 0.15) is 17.0 Å². The Morgan fingerprint density at radius 3 is 2.16 bits per heavy atom. The smallest absolute Gasteiger partial charge is 0.410 e. The Labute approximate surface area is 217 Å². The van der Waals surface area contributed by atoms with Crippen LogP contribution in [-0.2, 0) is 27.2 Å². The van der Waals surface area contributed by atoms with E-state index < -0.39 is 28.7 Å². The Balaban J connectivity index is 0.000000206. The van der Waals surface area contributed by atoms with Crippen LogP contribution >= 0.6 is 0 Å². The second kappa shape index (κ2) is 10.6. The van der Waals surface area contributed by atoms with Crippen molar-refractivity contribution >= 4 is 18.0 Å². The van der Waals surface area contributed by atoms with E-state index in [2.05, 4.69) is 0 Å². The zero-order valence-electron chi connectivity index (χ0n) is 22.5. The molecule has 0 spiro atoms. The molecule has 1 aliphatic carbocycles. The molecule has 0 bridgehead atoms. The number of rotatable bonds is 0. The van der Waals surface area contributed by atoms with Crippen LogP contribution < -0.4 is 0 Å². The Morgan fingerprint density at radius 2 is 1.57 bits per heavy atom. The lowest BCUT2D eigenvalue weighted by Gasteiger charge is -2.38. The molecule has 1 aromatic rings. The van der Waals surface area contributed by atoms with Crippen molar-refractivity contribution in [1.29, 1.82) is 0 Å². The first-order valence-electron chi connectivity index (χ1n) is 12.5. The molecule has 8 nitrogen and oxygen atoms in total. The third-order valence-corrected chi connectivity index (χ3v) is 6.08. The first-order valence-corrected chi connectivity index (χ1v) is 12.5. The average molecular weight is 517 g/mol. The number of likely N-dealkylation sites (tertiary alicyclic amines) is 1. The van der Waals surface area contributed by atoms with Crippen molar-refractivity contribution in [1.82, 2.24) is 9.80 Å². The molecule has 2 aliphatic heterocycles. The molecule has 1 atom stereocenters. The molecule has 0 radical (unpaired) electrons. The predicted octanol–water partition coefficient (Wildman–Crippen LogP) is 5.09. The Morgan fingerprint density at radius 1 is 0.973 bits per heavy atom. The molecule has 2 heterocycles. The minimum atomic E-state index is -1.94. The van der Waals surface area contributed by atoms with Crippen LogP contribution in [0.15, 0.2) is 42.0 Å². The van der Waals surface area contributed by atoms with Crippen LogP contribution in [0.1, 0.15) is 59.1 Å². The normalized spacial score (nSPS) is 21.2. The molecule has 1 saturated heterocycles. The van der Waals surface area contributed by atoms with E-state index in [9.17, 15) is 23.9 Å². The summed E-state index contributed by atoms with van der Waals surface area (Å²) in [6.45, 7) is 12.3. The maximum atomic E-state index is 14.5. The molecule has 37 heavy (non-hydrogen) atoms. The summed E-state index contributed by atoms with van der Waals surface area (Å²) in [7, 11) is 0. The molecular formula is C28H37FN2O6. The first-order chi connectivity index (χ1) is 17.1. The molecule has 0 aromatic heterocycles. The van der Waals surface area contributed by atoms with Crippen molar-refractivity contribution in [3.63, 3.8) is 0 Å². The summed E-state index contributed by atoms with van der Waals surface area (Å²) in [6.07, 6.45) is 4.22. The quantitative estimate of drug-likeness (QED) is 0.516. The molecule has 4 rings (SSSR count). The van der Waals surface area contributed by atoms with Crippen molar-refractivity contribution in [2.45, 2.75) is 77.8 Å². The number of fused-ring (bicyclic) bond motifs is 2. The molecule has 1 N–H and O–H groups in total. The molecule has 2 amide bonds. The lowest BCUT2D eigenvalue weighted by Crippen LogP contribution is -2.51. The van der Waals surface area contributed by atoms with Crippen molar-refractivity contribution in [2.75, 3.05) is 19.6 Å². The fraction of sp³-hybridized carbons (Fsp3) is 0.536. The second-order valence-electron chi connectivity index (χ2n) is 11.4. The summed E-state index contributed by atoms with van der Waals surface area (Å²) in [5.74, 6) is -0.217. The minimum absolute atomic E-state index is 0.0126. The van der Waals surface area contributed by atoms with Crippen LogP contribution in [0.4, 0.5) is 14.0 Å². The highest BCUT2D eigenvalue weighted by atomic mass is 19.1. The summed E-state index contributed by atoms with van der Waals surface area (Å²) < 4.78 is 25.1. The SMILES string of the molecule is CC(C)(C)OC(=O)N1CC[C@]2(F)C(=O)C=CC=C2C1.CC(C)(C)OC(=O)N1CCc2c(O)cccc2C1. The number of hydrogen-bond donors (Lipinski definition) is 1. The third-order valence-electron chi connectivity index (χ3n) is 6.08. The second-order valence-corrected chi connectivity index (χ2v) is 11.4. The topological polar surface area (TPSA) is 96.4 Å². The summed E-state index contributed by atoms with van der Waals surface area (Å²) >= 11 is 0. The molecule has 0 unspecified atom stereocenters. The number of allylic oxidation sites excluding steroid dienone is 3. The molecular weight excluding hydrogens is 479 g/mol. The van der Waals surface area contributed by atoms with Gasteiger partial charge in [0, 0.05) is 38.2 Å². The van der Waals surface area contributed by atoms with Crippen LogP contribution in [0.2, 0.25) is 0 Å². The fourth-order valence-corrected chi connectivity index (χ4v) is 4.26. The number of aromatic hydroxyl groups is 1. The number of halogens is 1. The Hall–Kier alpha value is -3.36. The average Bonchev–Trinajstić information content (AvgIpc) is 2.78. The Bertz CT molecular complexity index is 1110. The summed E-state index contributed by atoms with van der Waals surface area (Å²) in [4.78, 5) is 38.6. The highest BCUT2D eigenvalue weighted by Crippen LogP contribution is 2.35. The van der Waals surface area contributed by atoms with Crippen molar-refractivity contribution in [3.8, 4) is 5.75 Å². The van der Waals surface area contributed by atoms with E-state index in [1.807, 2.05) is 26.8 Å². The largest absolute Gasteiger partial charge is 0.508 e. The number of carbonyl (C=O) groups excluding carboxylic acids is 3. The van der Waals surface area contributed by atoms with Crippen molar-refractivity contribution in [3.05, 3.63) is 53.1 Å². The van der Waals surface area contributed by atoms with Crippen molar-refractivity contribution in [2.24, 2.45) is 0 Å². The number of ketones is 1. The molecule has 9 heteroatoms. The summed E-state index contributed by atoms with van der Waals surface area (Å²) in [5.41, 5.74) is -0.733. The Kier molecular flexibility index (Phi) is 8.05. The van der Waals surface area contributed by atoms with E-state index in [0.29, 0.717) is 30.8 Å². The molecule has 3 aliphatic rings. The molecule has 1 fully saturated rings. The van der Waals surface area contributed by atoms with Crippen LogP contribution in [0.25, 0.3) is 0 Å². The number of alkyl halides is 1. The van der Waals surface area contributed by atoms with Gasteiger partial charge in [-0.15, -0.1) is 0 Å². The zero-order valence-corrected chi connectivity index (χ0v) is 22.5. The van der Waals surface area contributed by atoms with Gasteiger partial charge in [0.2, 0.25) is 0 Å². The maximum Gasteiger partial charge on any atom is 0.410 e. The number of hydrogen-bond acceptors (Lipinski definition) is 6. The highest BCUT2D eigenvalue weighted by molar-refractivity contribution is 6.01. The summed E-state index contributed by atoms with van der Waals surface area (Å²) in [6, 6.07) is 5.42. The van der Waals surface area contributed by atoms with Crippen LogP contribution in [0.3, 0.4) is 0 Å². The van der Waals surface area contributed by atoms with Gasteiger partial charge in [-0.25, -0.2) is 14.0 Å². The summed E-state index contributed by atoms with van der Waals surface area (Å²) in [5, 5.41) is 9.73. The number of ether oxygens (including phenoxy) is 2. The van der Waals surface area contributed by atoms with E-state index in [0.717, 1.165) is 11.1 Å². The minimum Gasteiger partial charge on any atom is -0.508 e. The van der Waals surface area contributed by atoms with Gasteiger partial charge in [-0.3, -0.25) is 4.79 Å². The number of piperidine rings is 1. The van der Waals surface area contributed by atoms with Gasteiger partial charge in [0.25, 0.3) is 0 Å². The standard InChI is InChI=1S/C14H18FNO3.C14H19NO3/c1-13(2,3)19-12(18)16-8-7-14(15)10(9-16)5-4-6-11(14)17;1-14(2,3)18-13(17)15-8-7-11-10(9-15)5-4-6-12(11)16/h4-6H,7-9H2,1-3H3;4-6,16H,7-9H2,1-3H3/t14-;/m1./s1. The van der Waals surface area contributed by atoms with Gasteiger partial charge in [-0.05, 0) is 71.2 Å². The van der Waals surface area contributed by atoms with Gasteiger partial charge >= 0.3 is 12.2 Å². The number of phenolic OH excluding ortho intramolecular Hbond substituents is 1. The number of nitrogens with zero attached hydrogens (tertiary/aromatic N) is 2. The number of benzene rings is 1. The van der Waals surface area contributed by atoms with Gasteiger partial charge in [0.15, 0.2) is 11.5 Å². The first kappa shape index (κ1) is 28.2. The van der Waals surface area contributed by atoms with E-state index in [1.165, 1.54) is 17.1 Å². The van der Waals surface area contributed by atoms with E-state index in [1.54, 1.807) is 43.9 Å². The van der Waals surface area contributed by atoms with Gasteiger partial charge in [-0.2, -0.15) is 0 Å². The molecule has 1 aromatic carbocycles. The van der Waals surface area contributed by atoms with E-state index in [-0.39, 0.29) is 25.6 Å². The van der Waals surface area contributed by atoms with Gasteiger partial charge < -0.3 is 24.4 Å². The lowest BCUT2D eigenvalue weighted by atomic mass is 9.81. The molecule has 0 saturated carbocycles. The van der Waals surface area contributed by atoms with Crippen LogP contribution in [0.5, 0.6) is 5.75 Å². The number of phenols is 1. The van der Waals surface area contributed by atoms with Crippen LogP contribution in [0, 0.1) is 0 Å². The third kappa shape index (κ3) is 7.11. The lowest BCUT2D eigenvalue weighted by molar-refractivity contribution is -0.125. The number of carbonyl (C=O) groups is 3. The van der Waals surface area contributed by atoms with Crippen molar-refractivity contribution < 1.29 is 33.4 Å². The van der Waals surface area contributed by atoms with Gasteiger partial charge in [0.05, 0.1) is 0 Å². The highest BCUT2D eigenvalue weighted by Gasteiger charge is 2.46. The maximum absolute atomic E-state index is 14.5. The predicted molar refractivity (Wildman–Crippen MR) is 137 cm³/mol. The number of amides is 2. The monoisotopic (exact) mass is 516 g/mol. The van der Waals surface area contributed by atoms with E-state index in [4.69, 9.17) is 9.47 Å². The van der Waals surface area contributed by atoms with E-state index >= 15 is 0 Å². The zero-order chi connectivity index (χ0) is 27.6. The van der Waals surface area contributed by atoms with Crippen LogP contribution in [-0.4, -0.2) is 69.4 Å².